The third-order valence-electron chi connectivity index (χ3n) is 2.21. The van der Waals surface area contributed by atoms with Gasteiger partial charge in [-0.15, -0.1) is 0 Å². The zero-order valence-corrected chi connectivity index (χ0v) is 10.8. The summed E-state index contributed by atoms with van der Waals surface area (Å²) in [7, 11) is 0. The number of rotatable bonds is 3. The van der Waals surface area contributed by atoms with Gasteiger partial charge in [0.2, 0.25) is 5.78 Å². The number of ketones is 1. The molecule has 1 heterocycles. The lowest BCUT2D eigenvalue weighted by Gasteiger charge is -2.02. The molecule has 1 aromatic heterocycles. The number of benzene rings is 1. The molecule has 0 radical (unpaired) electrons. The van der Waals surface area contributed by atoms with Crippen molar-refractivity contribution in [3.63, 3.8) is 0 Å². The van der Waals surface area contributed by atoms with E-state index in [0.717, 1.165) is 0 Å². The van der Waals surface area contributed by atoms with Crippen molar-refractivity contribution in [1.29, 1.82) is 0 Å². The number of hydrogen-bond acceptors (Lipinski definition) is 2. The zero-order valence-electron chi connectivity index (χ0n) is 8.54. The minimum Gasteiger partial charge on any atom is -0.442 e. The van der Waals surface area contributed by atoms with Crippen molar-refractivity contribution < 1.29 is 9.21 Å². The highest BCUT2D eigenvalue weighted by Gasteiger charge is 2.13. The Hall–Kier alpha value is -0.960. The van der Waals surface area contributed by atoms with Gasteiger partial charge in [-0.2, -0.15) is 0 Å². The summed E-state index contributed by atoms with van der Waals surface area (Å²) in [5.74, 6) is 0.0436. The molecule has 88 valence electrons. The molecule has 0 unspecified atom stereocenters. The highest BCUT2D eigenvalue weighted by molar-refractivity contribution is 6.35. The van der Waals surface area contributed by atoms with Crippen molar-refractivity contribution >= 4 is 40.6 Å². The molecule has 0 spiro atoms. The SMILES string of the molecule is O=C(Cc1ccc(Cl)cc1Cl)c1ccc(Cl)o1. The molecule has 0 aliphatic rings. The van der Waals surface area contributed by atoms with Gasteiger partial charge in [0, 0.05) is 16.5 Å². The van der Waals surface area contributed by atoms with Crippen molar-refractivity contribution in [2.75, 3.05) is 0 Å². The van der Waals surface area contributed by atoms with Gasteiger partial charge in [-0.05, 0) is 41.4 Å². The van der Waals surface area contributed by atoms with Crippen LogP contribution in [0.1, 0.15) is 16.1 Å². The first-order valence-electron chi connectivity index (χ1n) is 4.79. The Kier molecular flexibility index (Phi) is 3.77. The van der Waals surface area contributed by atoms with E-state index in [-0.39, 0.29) is 23.2 Å². The van der Waals surface area contributed by atoms with Crippen molar-refractivity contribution in [1.82, 2.24) is 0 Å². The Morgan fingerprint density at radius 3 is 2.47 bits per heavy atom. The molecule has 0 atom stereocenters. The topological polar surface area (TPSA) is 30.2 Å². The van der Waals surface area contributed by atoms with Crippen molar-refractivity contribution in [2.24, 2.45) is 0 Å². The molecule has 0 bridgehead atoms. The first-order chi connectivity index (χ1) is 8.06. The Balaban J connectivity index is 2.18. The van der Waals surface area contributed by atoms with Crippen LogP contribution in [-0.4, -0.2) is 5.78 Å². The molecule has 1 aromatic carbocycles. The first kappa shape index (κ1) is 12.5. The second kappa shape index (κ2) is 5.13. The number of halogens is 3. The Labute approximate surface area is 113 Å². The van der Waals surface area contributed by atoms with E-state index < -0.39 is 0 Å². The van der Waals surface area contributed by atoms with Crippen LogP contribution in [0.25, 0.3) is 0 Å². The quantitative estimate of drug-likeness (QED) is 0.769. The lowest BCUT2D eigenvalue weighted by molar-refractivity contribution is 0.0966. The van der Waals surface area contributed by atoms with E-state index in [1.807, 2.05) is 0 Å². The minimum absolute atomic E-state index is 0.153. The summed E-state index contributed by atoms with van der Waals surface area (Å²) in [5.41, 5.74) is 0.702. The molecule has 0 saturated heterocycles. The monoisotopic (exact) mass is 288 g/mol. The van der Waals surface area contributed by atoms with Gasteiger partial charge in [-0.1, -0.05) is 29.3 Å². The molecule has 2 rings (SSSR count). The van der Waals surface area contributed by atoms with Gasteiger partial charge in [0.15, 0.2) is 11.0 Å². The molecule has 2 nitrogen and oxygen atoms in total. The van der Waals surface area contributed by atoms with E-state index in [9.17, 15) is 4.79 Å². The van der Waals surface area contributed by atoms with E-state index in [4.69, 9.17) is 39.2 Å². The highest BCUT2D eigenvalue weighted by Crippen LogP contribution is 2.23. The normalized spacial score (nSPS) is 10.5. The van der Waals surface area contributed by atoms with E-state index >= 15 is 0 Å². The molecular formula is C12H7Cl3O2. The first-order valence-corrected chi connectivity index (χ1v) is 5.92. The molecule has 0 amide bonds. The number of carbonyl (C=O) groups is 1. The maximum atomic E-state index is 11.8. The van der Waals surface area contributed by atoms with Crippen LogP contribution >= 0.6 is 34.8 Å². The third-order valence-corrected chi connectivity index (χ3v) is 3.00. The Morgan fingerprint density at radius 2 is 1.88 bits per heavy atom. The average molecular weight is 290 g/mol. The van der Waals surface area contributed by atoms with E-state index in [0.29, 0.717) is 15.6 Å². The standard InChI is InChI=1S/C12H7Cl3O2/c13-8-2-1-7(9(14)6-8)5-10(16)11-3-4-12(15)17-11/h1-4,6H,5H2. The zero-order chi connectivity index (χ0) is 12.4. The Morgan fingerprint density at radius 1 is 1.12 bits per heavy atom. The van der Waals surface area contributed by atoms with Gasteiger partial charge < -0.3 is 4.42 Å². The predicted octanol–water partition coefficient (Wildman–Crippen LogP) is 4.67. The van der Waals surface area contributed by atoms with Crippen LogP contribution in [0.4, 0.5) is 0 Å². The second-order valence-corrected chi connectivity index (χ2v) is 4.66. The molecule has 0 aliphatic heterocycles. The fourth-order valence-electron chi connectivity index (χ4n) is 1.39. The van der Waals surface area contributed by atoms with Gasteiger partial charge >= 0.3 is 0 Å². The summed E-state index contributed by atoms with van der Waals surface area (Å²) in [5, 5.41) is 1.19. The third kappa shape index (κ3) is 3.03. The summed E-state index contributed by atoms with van der Waals surface area (Å²) in [4.78, 5) is 11.8. The van der Waals surface area contributed by atoms with E-state index in [2.05, 4.69) is 0 Å². The van der Waals surface area contributed by atoms with Crippen LogP contribution < -0.4 is 0 Å². The molecule has 2 aromatic rings. The van der Waals surface area contributed by atoms with Crippen molar-refractivity contribution in [2.45, 2.75) is 6.42 Å². The molecule has 0 aliphatic carbocycles. The maximum Gasteiger partial charge on any atom is 0.202 e. The summed E-state index contributed by atoms with van der Waals surface area (Å²) < 4.78 is 5.03. The van der Waals surface area contributed by atoms with Gasteiger partial charge in [0.05, 0.1) is 0 Å². The number of furan rings is 1. The van der Waals surface area contributed by atoms with Gasteiger partial charge in [-0.25, -0.2) is 0 Å². The summed E-state index contributed by atoms with van der Waals surface area (Å²) >= 11 is 17.3. The molecule has 5 heteroatoms. The molecular weight excluding hydrogens is 282 g/mol. The molecule has 17 heavy (non-hydrogen) atoms. The van der Waals surface area contributed by atoms with Gasteiger partial charge in [-0.3, -0.25) is 4.79 Å². The average Bonchev–Trinajstić information content (AvgIpc) is 2.69. The predicted molar refractivity (Wildman–Crippen MR) is 68.2 cm³/mol. The van der Waals surface area contributed by atoms with E-state index in [1.54, 1.807) is 18.2 Å². The lowest BCUT2D eigenvalue weighted by Crippen LogP contribution is -2.02. The fourth-order valence-corrected chi connectivity index (χ4v) is 2.01. The number of hydrogen-bond donors (Lipinski definition) is 0. The summed E-state index contributed by atoms with van der Waals surface area (Å²) in [6.07, 6.45) is 0.153. The Bertz CT molecular complexity index is 561. The fraction of sp³-hybridized carbons (Fsp3) is 0.0833. The molecule has 0 fully saturated rings. The van der Waals surface area contributed by atoms with Crippen LogP contribution in [0.3, 0.4) is 0 Å². The highest BCUT2D eigenvalue weighted by atomic mass is 35.5. The minimum atomic E-state index is -0.180. The van der Waals surface area contributed by atoms with Gasteiger partial charge in [0.1, 0.15) is 0 Å². The smallest absolute Gasteiger partial charge is 0.202 e. The number of carbonyl (C=O) groups excluding carboxylic acids is 1. The number of Topliss-reactive ketones (excluding diaryl/α,β-unsaturated/α-hetero) is 1. The van der Waals surface area contributed by atoms with Crippen LogP contribution in [-0.2, 0) is 6.42 Å². The van der Waals surface area contributed by atoms with E-state index in [1.165, 1.54) is 12.1 Å². The summed E-state index contributed by atoms with van der Waals surface area (Å²) in [6.45, 7) is 0. The van der Waals surface area contributed by atoms with Crippen LogP contribution in [0.2, 0.25) is 15.3 Å². The maximum absolute atomic E-state index is 11.8. The van der Waals surface area contributed by atoms with Crippen LogP contribution in [0.15, 0.2) is 34.7 Å². The second-order valence-electron chi connectivity index (χ2n) is 3.44. The van der Waals surface area contributed by atoms with Crippen LogP contribution in [0, 0.1) is 0 Å². The van der Waals surface area contributed by atoms with Crippen molar-refractivity contribution in [3.05, 3.63) is 56.9 Å². The lowest BCUT2D eigenvalue weighted by atomic mass is 10.1. The molecule has 0 saturated carbocycles. The summed E-state index contributed by atoms with van der Waals surface area (Å²) in [6, 6.07) is 8.06. The largest absolute Gasteiger partial charge is 0.442 e. The van der Waals surface area contributed by atoms with Crippen LogP contribution in [0.5, 0.6) is 0 Å². The van der Waals surface area contributed by atoms with Crippen molar-refractivity contribution in [3.8, 4) is 0 Å². The molecule has 0 N–H and O–H groups in total. The van der Waals surface area contributed by atoms with Gasteiger partial charge in [0.25, 0.3) is 0 Å².